The fourth-order valence-electron chi connectivity index (χ4n) is 4.40. The van der Waals surface area contributed by atoms with Crippen molar-refractivity contribution in [2.45, 2.75) is 12.5 Å². The summed E-state index contributed by atoms with van der Waals surface area (Å²) in [6.45, 7) is 1.11. The van der Waals surface area contributed by atoms with E-state index >= 15 is 0 Å². The summed E-state index contributed by atoms with van der Waals surface area (Å²) in [5.41, 5.74) is 2.38. The minimum atomic E-state index is -0.436. The van der Waals surface area contributed by atoms with Crippen molar-refractivity contribution < 1.29 is 19.1 Å². The fraction of sp³-hybridized carbons (Fsp3) is 0.259. The van der Waals surface area contributed by atoms with Crippen molar-refractivity contribution in [3.8, 4) is 11.5 Å². The number of hydrogen-bond donors (Lipinski definition) is 1. The van der Waals surface area contributed by atoms with E-state index in [1.54, 1.807) is 49.5 Å². The molecule has 0 radical (unpaired) electrons. The second kappa shape index (κ2) is 10.6. The number of rotatable bonds is 7. The Morgan fingerprint density at radius 2 is 1.76 bits per heavy atom. The van der Waals surface area contributed by atoms with Gasteiger partial charge in [-0.2, -0.15) is 0 Å². The lowest BCUT2D eigenvalue weighted by Crippen LogP contribution is -2.35. The van der Waals surface area contributed by atoms with Crippen LogP contribution in [0.1, 0.15) is 27.4 Å². The molecule has 3 aromatic carbocycles. The number of halogens is 1. The molecule has 176 valence electrons. The van der Waals surface area contributed by atoms with Crippen LogP contribution in [0.3, 0.4) is 0 Å². The van der Waals surface area contributed by atoms with Crippen molar-refractivity contribution in [2.24, 2.45) is 5.92 Å². The Kier molecular flexibility index (Phi) is 7.38. The predicted molar refractivity (Wildman–Crippen MR) is 131 cm³/mol. The van der Waals surface area contributed by atoms with Gasteiger partial charge in [0.2, 0.25) is 5.91 Å². The van der Waals surface area contributed by atoms with Gasteiger partial charge < -0.3 is 19.7 Å². The van der Waals surface area contributed by atoms with Crippen LogP contribution in [-0.4, -0.2) is 44.0 Å². The number of nitrogens with one attached hydrogen (secondary N) is 1. The second-order valence-electron chi connectivity index (χ2n) is 8.24. The molecular weight excluding hydrogens is 452 g/mol. The van der Waals surface area contributed by atoms with Gasteiger partial charge in [0.05, 0.1) is 20.1 Å². The van der Waals surface area contributed by atoms with E-state index in [-0.39, 0.29) is 17.7 Å². The average molecular weight is 479 g/mol. The first-order valence-corrected chi connectivity index (χ1v) is 11.5. The molecule has 2 atom stereocenters. The SMILES string of the molecule is COc1ccc([C@@H]2CN(C(=O)c3cccc(Cl)c3)C[C@@H]2C(=O)NCc2ccccc2)c(OC)c1. The van der Waals surface area contributed by atoms with Gasteiger partial charge in [0.15, 0.2) is 0 Å². The third-order valence-electron chi connectivity index (χ3n) is 6.17. The van der Waals surface area contributed by atoms with Crippen molar-refractivity contribution >= 4 is 23.4 Å². The summed E-state index contributed by atoms with van der Waals surface area (Å²) >= 11 is 6.10. The van der Waals surface area contributed by atoms with E-state index in [2.05, 4.69) is 5.32 Å². The van der Waals surface area contributed by atoms with Crippen LogP contribution in [0.4, 0.5) is 0 Å². The van der Waals surface area contributed by atoms with Gasteiger partial charge in [0, 0.05) is 47.8 Å². The lowest BCUT2D eigenvalue weighted by molar-refractivity contribution is -0.125. The van der Waals surface area contributed by atoms with Crippen molar-refractivity contribution in [3.63, 3.8) is 0 Å². The van der Waals surface area contributed by atoms with Crippen molar-refractivity contribution in [2.75, 3.05) is 27.3 Å². The van der Waals surface area contributed by atoms with Crippen LogP contribution in [0.25, 0.3) is 0 Å². The Hall–Kier alpha value is -3.51. The maximum absolute atomic E-state index is 13.3. The highest BCUT2D eigenvalue weighted by Crippen LogP contribution is 2.40. The Bertz CT molecular complexity index is 1170. The molecule has 7 heteroatoms. The number of nitrogens with zero attached hydrogens (tertiary/aromatic N) is 1. The van der Waals surface area contributed by atoms with Crippen LogP contribution >= 0.6 is 11.6 Å². The minimum Gasteiger partial charge on any atom is -0.497 e. The molecule has 1 N–H and O–H groups in total. The van der Waals surface area contributed by atoms with Crippen LogP contribution < -0.4 is 14.8 Å². The molecule has 1 saturated heterocycles. The lowest BCUT2D eigenvalue weighted by atomic mass is 9.87. The zero-order valence-electron chi connectivity index (χ0n) is 19.2. The highest BCUT2D eigenvalue weighted by Gasteiger charge is 2.41. The Labute approximate surface area is 204 Å². The predicted octanol–water partition coefficient (Wildman–Crippen LogP) is 4.53. The molecular formula is C27H27ClN2O4. The first-order chi connectivity index (χ1) is 16.5. The van der Waals surface area contributed by atoms with Crippen LogP contribution in [0.15, 0.2) is 72.8 Å². The summed E-state index contributed by atoms with van der Waals surface area (Å²) in [5.74, 6) is 0.359. The normalized spacial score (nSPS) is 17.3. The first-order valence-electron chi connectivity index (χ1n) is 11.1. The number of carbonyl (C=O) groups is 2. The average Bonchev–Trinajstić information content (AvgIpc) is 3.32. The van der Waals surface area contributed by atoms with E-state index in [4.69, 9.17) is 21.1 Å². The molecule has 0 saturated carbocycles. The lowest BCUT2D eigenvalue weighted by Gasteiger charge is -2.21. The largest absolute Gasteiger partial charge is 0.497 e. The molecule has 4 rings (SSSR count). The van der Waals surface area contributed by atoms with E-state index in [1.165, 1.54) is 0 Å². The summed E-state index contributed by atoms with van der Waals surface area (Å²) < 4.78 is 10.9. The molecule has 1 aliphatic rings. The molecule has 0 aromatic heterocycles. The molecule has 1 aliphatic heterocycles. The molecule has 0 unspecified atom stereocenters. The number of methoxy groups -OCH3 is 2. The molecule has 2 amide bonds. The van der Waals surface area contributed by atoms with Gasteiger partial charge in [-0.15, -0.1) is 0 Å². The van der Waals surface area contributed by atoms with Crippen molar-refractivity contribution in [3.05, 3.63) is 94.5 Å². The van der Waals surface area contributed by atoms with E-state index < -0.39 is 5.92 Å². The van der Waals surface area contributed by atoms with Crippen molar-refractivity contribution in [1.29, 1.82) is 0 Å². The van der Waals surface area contributed by atoms with Crippen molar-refractivity contribution in [1.82, 2.24) is 10.2 Å². The van der Waals surface area contributed by atoms with Gasteiger partial charge in [0.1, 0.15) is 11.5 Å². The molecule has 0 spiro atoms. The number of ether oxygens (including phenoxy) is 2. The van der Waals surface area contributed by atoms with Crippen LogP contribution in [-0.2, 0) is 11.3 Å². The summed E-state index contributed by atoms with van der Waals surface area (Å²) in [5, 5.41) is 3.54. The summed E-state index contributed by atoms with van der Waals surface area (Å²) in [6.07, 6.45) is 0. The van der Waals surface area contributed by atoms with Gasteiger partial charge in [-0.25, -0.2) is 0 Å². The van der Waals surface area contributed by atoms with Gasteiger partial charge >= 0.3 is 0 Å². The van der Waals surface area contributed by atoms with E-state index in [0.29, 0.717) is 41.7 Å². The number of benzene rings is 3. The second-order valence-corrected chi connectivity index (χ2v) is 8.68. The van der Waals surface area contributed by atoms with Gasteiger partial charge in [0.25, 0.3) is 5.91 Å². The highest BCUT2D eigenvalue weighted by molar-refractivity contribution is 6.30. The Balaban J connectivity index is 1.61. The Morgan fingerprint density at radius 1 is 0.971 bits per heavy atom. The number of likely N-dealkylation sites (tertiary alicyclic amines) is 1. The van der Waals surface area contributed by atoms with Gasteiger partial charge in [-0.1, -0.05) is 54.1 Å². The summed E-state index contributed by atoms with van der Waals surface area (Å²) in [7, 11) is 3.18. The summed E-state index contributed by atoms with van der Waals surface area (Å²) in [6, 6.07) is 22.2. The Morgan fingerprint density at radius 3 is 2.47 bits per heavy atom. The third-order valence-corrected chi connectivity index (χ3v) is 6.40. The molecule has 1 fully saturated rings. The fourth-order valence-corrected chi connectivity index (χ4v) is 4.59. The maximum atomic E-state index is 13.3. The minimum absolute atomic E-state index is 0.104. The van der Waals surface area contributed by atoms with Crippen LogP contribution in [0, 0.1) is 5.92 Å². The van der Waals surface area contributed by atoms with E-state index in [9.17, 15) is 9.59 Å². The highest BCUT2D eigenvalue weighted by atomic mass is 35.5. The van der Waals surface area contributed by atoms with Gasteiger partial charge in [-0.05, 0) is 29.8 Å². The van der Waals surface area contributed by atoms with Crippen LogP contribution in [0.5, 0.6) is 11.5 Å². The molecule has 34 heavy (non-hydrogen) atoms. The van der Waals surface area contributed by atoms with Crippen LogP contribution in [0.2, 0.25) is 5.02 Å². The zero-order chi connectivity index (χ0) is 24.1. The van der Waals surface area contributed by atoms with Gasteiger partial charge in [-0.3, -0.25) is 9.59 Å². The number of amides is 2. The monoisotopic (exact) mass is 478 g/mol. The smallest absolute Gasteiger partial charge is 0.253 e. The quantitative estimate of drug-likeness (QED) is 0.541. The number of carbonyl (C=O) groups excluding carboxylic acids is 2. The molecule has 0 aliphatic carbocycles. The molecule has 6 nitrogen and oxygen atoms in total. The third kappa shape index (κ3) is 5.18. The molecule has 0 bridgehead atoms. The number of hydrogen-bond acceptors (Lipinski definition) is 4. The topological polar surface area (TPSA) is 67.9 Å². The molecule has 3 aromatic rings. The molecule has 1 heterocycles. The maximum Gasteiger partial charge on any atom is 0.253 e. The zero-order valence-corrected chi connectivity index (χ0v) is 19.9. The summed E-state index contributed by atoms with van der Waals surface area (Å²) in [4.78, 5) is 28.3. The first kappa shape index (κ1) is 23.6. The van der Waals surface area contributed by atoms with E-state index in [1.807, 2.05) is 42.5 Å². The van der Waals surface area contributed by atoms with E-state index in [0.717, 1.165) is 11.1 Å². The standard InChI is InChI=1S/C27H27ClN2O4/c1-33-21-11-12-22(25(14-21)34-2)23-16-30(27(32)19-9-6-10-20(28)13-19)17-24(23)26(31)29-15-18-7-4-3-5-8-18/h3-14,23-24H,15-17H2,1-2H3,(H,29,31)/t23-,24-/m0/s1.